The number of aromatic nitrogens is 1. The lowest BCUT2D eigenvalue weighted by molar-refractivity contribution is 0.102. The SMILES string of the molecule is COc1cc(Cl)c(C)cc1NC(=O)c1ccnc(C(=O)Nc2ccccc2)c1. The van der Waals surface area contributed by atoms with Crippen molar-refractivity contribution >= 4 is 34.8 Å². The van der Waals surface area contributed by atoms with Crippen molar-refractivity contribution in [3.63, 3.8) is 0 Å². The van der Waals surface area contributed by atoms with E-state index in [0.29, 0.717) is 27.7 Å². The minimum absolute atomic E-state index is 0.135. The first-order valence-corrected chi connectivity index (χ1v) is 8.83. The first-order chi connectivity index (χ1) is 13.5. The zero-order valence-corrected chi connectivity index (χ0v) is 16.1. The Balaban J connectivity index is 1.79. The fraction of sp³-hybridized carbons (Fsp3) is 0.0952. The van der Waals surface area contributed by atoms with E-state index >= 15 is 0 Å². The van der Waals surface area contributed by atoms with Crippen molar-refractivity contribution in [3.05, 3.63) is 82.6 Å². The lowest BCUT2D eigenvalue weighted by Gasteiger charge is -2.12. The van der Waals surface area contributed by atoms with Gasteiger partial charge in [-0.2, -0.15) is 0 Å². The van der Waals surface area contributed by atoms with Crippen LogP contribution in [0, 0.1) is 6.92 Å². The number of ether oxygens (including phenoxy) is 1. The van der Waals surface area contributed by atoms with Crippen LogP contribution < -0.4 is 15.4 Å². The van der Waals surface area contributed by atoms with Crippen LogP contribution in [0.1, 0.15) is 26.4 Å². The molecule has 0 saturated carbocycles. The smallest absolute Gasteiger partial charge is 0.274 e. The Morgan fingerprint density at radius 2 is 1.75 bits per heavy atom. The molecule has 0 spiro atoms. The molecule has 0 bridgehead atoms. The number of carbonyl (C=O) groups excluding carboxylic acids is 2. The molecule has 0 aliphatic carbocycles. The monoisotopic (exact) mass is 395 g/mol. The molecule has 28 heavy (non-hydrogen) atoms. The largest absolute Gasteiger partial charge is 0.495 e. The Kier molecular flexibility index (Phi) is 5.91. The summed E-state index contributed by atoms with van der Waals surface area (Å²) in [6, 6.07) is 15.3. The van der Waals surface area contributed by atoms with Crippen LogP contribution in [-0.2, 0) is 0 Å². The molecule has 1 aromatic heterocycles. The van der Waals surface area contributed by atoms with E-state index in [2.05, 4.69) is 15.6 Å². The number of anilines is 2. The molecule has 2 aromatic carbocycles. The summed E-state index contributed by atoms with van der Waals surface area (Å²) in [5, 5.41) is 6.06. The number of methoxy groups -OCH3 is 1. The average Bonchev–Trinajstić information content (AvgIpc) is 2.71. The minimum Gasteiger partial charge on any atom is -0.495 e. The molecule has 0 unspecified atom stereocenters. The molecule has 0 radical (unpaired) electrons. The van der Waals surface area contributed by atoms with Gasteiger partial charge in [0, 0.05) is 28.5 Å². The maximum absolute atomic E-state index is 12.7. The third-order valence-corrected chi connectivity index (χ3v) is 4.42. The molecule has 0 atom stereocenters. The number of nitrogens with one attached hydrogen (secondary N) is 2. The summed E-state index contributed by atoms with van der Waals surface area (Å²) in [6.45, 7) is 1.83. The van der Waals surface area contributed by atoms with Gasteiger partial charge in [0.1, 0.15) is 11.4 Å². The number of rotatable bonds is 5. The van der Waals surface area contributed by atoms with Crippen molar-refractivity contribution in [2.45, 2.75) is 6.92 Å². The topological polar surface area (TPSA) is 80.3 Å². The Morgan fingerprint density at radius 3 is 2.46 bits per heavy atom. The Morgan fingerprint density at radius 1 is 1.00 bits per heavy atom. The summed E-state index contributed by atoms with van der Waals surface area (Å²) < 4.78 is 5.27. The van der Waals surface area contributed by atoms with Gasteiger partial charge in [-0.1, -0.05) is 29.8 Å². The van der Waals surface area contributed by atoms with Crippen molar-refractivity contribution in [2.75, 3.05) is 17.7 Å². The third-order valence-electron chi connectivity index (χ3n) is 4.02. The van der Waals surface area contributed by atoms with Gasteiger partial charge in [-0.3, -0.25) is 14.6 Å². The quantitative estimate of drug-likeness (QED) is 0.663. The molecule has 6 nitrogen and oxygen atoms in total. The number of para-hydroxylation sites is 1. The zero-order chi connectivity index (χ0) is 20.1. The van der Waals surface area contributed by atoms with Crippen molar-refractivity contribution in [1.29, 1.82) is 0 Å². The third kappa shape index (κ3) is 4.47. The van der Waals surface area contributed by atoms with E-state index < -0.39 is 11.8 Å². The highest BCUT2D eigenvalue weighted by molar-refractivity contribution is 6.31. The van der Waals surface area contributed by atoms with E-state index in [4.69, 9.17) is 16.3 Å². The molecular weight excluding hydrogens is 378 g/mol. The fourth-order valence-electron chi connectivity index (χ4n) is 2.54. The summed E-state index contributed by atoms with van der Waals surface area (Å²) in [5.74, 6) is -0.350. The average molecular weight is 396 g/mol. The highest BCUT2D eigenvalue weighted by Crippen LogP contribution is 2.31. The second kappa shape index (κ2) is 8.54. The summed E-state index contributed by atoms with van der Waals surface area (Å²) in [5.41, 5.74) is 2.36. The lowest BCUT2D eigenvalue weighted by Crippen LogP contribution is -2.17. The van der Waals surface area contributed by atoms with Gasteiger partial charge in [-0.25, -0.2) is 0 Å². The summed E-state index contributed by atoms with van der Waals surface area (Å²) in [7, 11) is 1.50. The first kappa shape index (κ1) is 19.4. The number of aryl methyl sites for hydroxylation is 1. The summed E-state index contributed by atoms with van der Waals surface area (Å²) in [6.07, 6.45) is 1.42. The van der Waals surface area contributed by atoms with E-state index in [1.165, 1.54) is 25.4 Å². The number of benzene rings is 2. The van der Waals surface area contributed by atoms with Gasteiger partial charge in [-0.05, 0) is 42.8 Å². The number of carbonyl (C=O) groups is 2. The number of pyridine rings is 1. The molecule has 3 rings (SSSR count). The second-order valence-electron chi connectivity index (χ2n) is 6.01. The van der Waals surface area contributed by atoms with E-state index in [-0.39, 0.29) is 5.69 Å². The second-order valence-corrected chi connectivity index (χ2v) is 6.41. The van der Waals surface area contributed by atoms with Crippen molar-refractivity contribution in [1.82, 2.24) is 4.98 Å². The van der Waals surface area contributed by atoms with E-state index in [0.717, 1.165) is 5.56 Å². The molecule has 1 heterocycles. The molecule has 0 aliphatic rings. The maximum Gasteiger partial charge on any atom is 0.274 e. The maximum atomic E-state index is 12.7. The highest BCUT2D eigenvalue weighted by atomic mass is 35.5. The van der Waals surface area contributed by atoms with Crippen LogP contribution in [0.2, 0.25) is 5.02 Å². The predicted octanol–water partition coefficient (Wildman–Crippen LogP) is 4.56. The fourth-order valence-corrected chi connectivity index (χ4v) is 2.69. The van der Waals surface area contributed by atoms with Crippen LogP contribution >= 0.6 is 11.6 Å². The van der Waals surface area contributed by atoms with Gasteiger partial charge in [0.15, 0.2) is 0 Å². The summed E-state index contributed by atoms with van der Waals surface area (Å²) in [4.78, 5) is 29.1. The van der Waals surface area contributed by atoms with Gasteiger partial charge in [0.05, 0.1) is 12.8 Å². The molecule has 7 heteroatoms. The van der Waals surface area contributed by atoms with Crippen LogP contribution in [0.15, 0.2) is 60.8 Å². The van der Waals surface area contributed by atoms with Crippen molar-refractivity contribution < 1.29 is 14.3 Å². The van der Waals surface area contributed by atoms with Gasteiger partial charge >= 0.3 is 0 Å². The van der Waals surface area contributed by atoms with Crippen molar-refractivity contribution in [3.8, 4) is 5.75 Å². The first-order valence-electron chi connectivity index (χ1n) is 8.46. The van der Waals surface area contributed by atoms with Crippen LogP contribution in [0.5, 0.6) is 5.75 Å². The molecule has 2 N–H and O–H groups in total. The standard InChI is InChI=1S/C21H18ClN3O3/c1-13-10-17(19(28-2)12-16(13)22)25-20(26)14-8-9-23-18(11-14)21(27)24-15-6-4-3-5-7-15/h3-12H,1-2H3,(H,24,27)(H,25,26). The molecule has 142 valence electrons. The predicted molar refractivity (Wildman–Crippen MR) is 109 cm³/mol. The molecular formula is C21H18ClN3O3. The van der Waals surface area contributed by atoms with Gasteiger partial charge in [0.25, 0.3) is 11.8 Å². The minimum atomic E-state index is -0.402. The lowest BCUT2D eigenvalue weighted by atomic mass is 10.1. The normalized spacial score (nSPS) is 10.2. The van der Waals surface area contributed by atoms with Crippen LogP contribution in [0.25, 0.3) is 0 Å². The molecule has 2 amide bonds. The number of hydrogen-bond acceptors (Lipinski definition) is 4. The van der Waals surface area contributed by atoms with Gasteiger partial charge in [0.2, 0.25) is 0 Å². The molecule has 0 saturated heterocycles. The number of halogens is 1. The molecule has 0 aliphatic heterocycles. The van der Waals surface area contributed by atoms with E-state index in [9.17, 15) is 9.59 Å². The summed E-state index contributed by atoms with van der Waals surface area (Å²) >= 11 is 6.09. The zero-order valence-electron chi connectivity index (χ0n) is 15.3. The Bertz CT molecular complexity index is 1020. The molecule has 3 aromatic rings. The Labute approximate surface area is 167 Å². The van der Waals surface area contributed by atoms with Crippen LogP contribution in [-0.4, -0.2) is 23.9 Å². The van der Waals surface area contributed by atoms with E-state index in [1.54, 1.807) is 24.3 Å². The number of nitrogens with zero attached hydrogens (tertiary/aromatic N) is 1. The molecule has 0 fully saturated rings. The Hall–Kier alpha value is -3.38. The van der Waals surface area contributed by atoms with E-state index in [1.807, 2.05) is 25.1 Å². The van der Waals surface area contributed by atoms with Crippen LogP contribution in [0.4, 0.5) is 11.4 Å². The van der Waals surface area contributed by atoms with Gasteiger partial charge in [-0.15, -0.1) is 0 Å². The van der Waals surface area contributed by atoms with Crippen LogP contribution in [0.3, 0.4) is 0 Å². The van der Waals surface area contributed by atoms with Gasteiger partial charge < -0.3 is 15.4 Å². The number of hydrogen-bond donors (Lipinski definition) is 2. The number of amides is 2. The highest BCUT2D eigenvalue weighted by Gasteiger charge is 2.15. The van der Waals surface area contributed by atoms with Crippen molar-refractivity contribution in [2.24, 2.45) is 0 Å².